The lowest BCUT2D eigenvalue weighted by molar-refractivity contribution is -0.120. The number of nitrogens with one attached hydrogen (secondary N) is 2. The molecule has 33 heavy (non-hydrogen) atoms. The van der Waals surface area contributed by atoms with Crippen LogP contribution in [0.4, 0.5) is 0 Å². The van der Waals surface area contributed by atoms with Gasteiger partial charge in [-0.05, 0) is 42.9 Å². The molecule has 0 atom stereocenters. The van der Waals surface area contributed by atoms with Gasteiger partial charge in [0.05, 0.1) is 0 Å². The van der Waals surface area contributed by atoms with E-state index < -0.39 is 5.60 Å². The zero-order valence-electron chi connectivity index (χ0n) is 18.1. The predicted molar refractivity (Wildman–Crippen MR) is 119 cm³/mol. The van der Waals surface area contributed by atoms with Crippen LogP contribution in [0.25, 0.3) is 0 Å². The van der Waals surface area contributed by atoms with Crippen LogP contribution < -0.4 is 10.8 Å². The van der Waals surface area contributed by atoms with E-state index in [1.807, 2.05) is 66.7 Å². The largest absolute Gasteiger partial charge is 0.422 e. The molecule has 1 aliphatic carbocycles. The highest BCUT2D eigenvalue weighted by atomic mass is 16.7. The van der Waals surface area contributed by atoms with Gasteiger partial charge in [-0.1, -0.05) is 60.7 Å². The van der Waals surface area contributed by atoms with E-state index in [0.717, 1.165) is 36.8 Å². The summed E-state index contributed by atoms with van der Waals surface area (Å²) in [5, 5.41) is 20.1. The Morgan fingerprint density at radius 2 is 1.64 bits per heavy atom. The fourth-order valence-corrected chi connectivity index (χ4v) is 4.58. The molecule has 5 rings (SSSR count). The number of carbonyl (C=O) groups excluding carboxylic acids is 1. The standard InChI is InChI=1S/C25H26N4O4/c30-16-22-27-28-24(32-22)17-11-13-20(14-12-17)26-23(31)21-15-25(33-29-21,18-7-3-1-4-8-18)19-9-5-2-6-10-19/h1-10,15,17,20,29-30H,11-14,16H2,(H,26,31)/t17-,20-. The zero-order valence-corrected chi connectivity index (χ0v) is 18.1. The lowest BCUT2D eigenvalue weighted by Crippen LogP contribution is -2.39. The van der Waals surface area contributed by atoms with Crippen LogP contribution in [0.2, 0.25) is 0 Å². The summed E-state index contributed by atoms with van der Waals surface area (Å²) in [7, 11) is 0. The maximum Gasteiger partial charge on any atom is 0.269 e. The Hall–Kier alpha value is -3.49. The summed E-state index contributed by atoms with van der Waals surface area (Å²) < 4.78 is 5.48. The molecule has 8 heteroatoms. The summed E-state index contributed by atoms with van der Waals surface area (Å²) >= 11 is 0. The van der Waals surface area contributed by atoms with E-state index in [4.69, 9.17) is 14.4 Å². The minimum Gasteiger partial charge on any atom is -0.422 e. The van der Waals surface area contributed by atoms with Crippen molar-refractivity contribution in [2.45, 2.75) is 49.9 Å². The van der Waals surface area contributed by atoms with Gasteiger partial charge < -0.3 is 14.8 Å². The maximum absolute atomic E-state index is 13.1. The minimum atomic E-state index is -0.880. The van der Waals surface area contributed by atoms with Crippen molar-refractivity contribution in [1.29, 1.82) is 0 Å². The molecule has 1 aliphatic heterocycles. The molecule has 170 valence electrons. The van der Waals surface area contributed by atoms with Crippen LogP contribution in [-0.2, 0) is 21.8 Å². The van der Waals surface area contributed by atoms with Gasteiger partial charge in [0.1, 0.15) is 12.3 Å². The Morgan fingerprint density at radius 3 is 2.21 bits per heavy atom. The number of carbonyl (C=O) groups is 1. The number of aliphatic hydroxyl groups is 1. The van der Waals surface area contributed by atoms with Gasteiger partial charge in [-0.3, -0.25) is 15.1 Å². The molecule has 2 aromatic carbocycles. The second-order valence-corrected chi connectivity index (χ2v) is 8.44. The summed E-state index contributed by atoms with van der Waals surface area (Å²) in [5.41, 5.74) is 4.27. The van der Waals surface area contributed by atoms with Gasteiger partial charge in [-0.2, -0.15) is 0 Å². The van der Waals surface area contributed by atoms with E-state index in [9.17, 15) is 4.79 Å². The molecule has 3 aromatic rings. The van der Waals surface area contributed by atoms with Gasteiger partial charge in [0.25, 0.3) is 5.91 Å². The molecule has 1 aromatic heterocycles. The van der Waals surface area contributed by atoms with E-state index >= 15 is 0 Å². The normalized spacial score (nSPS) is 21.8. The van der Waals surface area contributed by atoms with Gasteiger partial charge in [-0.25, -0.2) is 0 Å². The van der Waals surface area contributed by atoms with E-state index in [1.54, 1.807) is 0 Å². The van der Waals surface area contributed by atoms with E-state index in [-0.39, 0.29) is 30.4 Å². The van der Waals surface area contributed by atoms with Crippen molar-refractivity contribution >= 4 is 5.91 Å². The van der Waals surface area contributed by atoms with Crippen molar-refractivity contribution in [2.24, 2.45) is 0 Å². The first-order chi connectivity index (χ1) is 16.2. The van der Waals surface area contributed by atoms with Gasteiger partial charge in [0, 0.05) is 12.0 Å². The summed E-state index contributed by atoms with van der Waals surface area (Å²) in [5.74, 6) is 0.766. The van der Waals surface area contributed by atoms with Gasteiger partial charge in [0.2, 0.25) is 11.8 Å². The molecule has 0 saturated heterocycles. The molecular weight excluding hydrogens is 420 g/mol. The molecule has 3 N–H and O–H groups in total. The number of rotatable bonds is 6. The molecule has 2 aliphatic rings. The fraction of sp³-hybridized carbons (Fsp3) is 0.320. The molecule has 0 spiro atoms. The molecule has 2 heterocycles. The third-order valence-corrected chi connectivity index (χ3v) is 6.35. The SMILES string of the molecule is O=C(N[C@H]1CC[C@H](c2nnc(CO)o2)CC1)C1=CC(c2ccccc2)(c2ccccc2)ON1. The fourth-order valence-electron chi connectivity index (χ4n) is 4.58. The first kappa shape index (κ1) is 21.4. The Labute approximate surface area is 191 Å². The molecule has 0 unspecified atom stereocenters. The van der Waals surface area contributed by atoms with Crippen LogP contribution in [0.15, 0.2) is 76.9 Å². The van der Waals surface area contributed by atoms with Crippen LogP contribution in [0.3, 0.4) is 0 Å². The summed E-state index contributed by atoms with van der Waals surface area (Å²) in [6.07, 6.45) is 5.14. The lowest BCUT2D eigenvalue weighted by atomic mass is 9.85. The van der Waals surface area contributed by atoms with Crippen LogP contribution in [-0.4, -0.2) is 27.3 Å². The summed E-state index contributed by atoms with van der Waals surface area (Å²) in [6.45, 7) is -0.254. The van der Waals surface area contributed by atoms with Crippen molar-refractivity contribution in [3.8, 4) is 0 Å². The first-order valence-electron chi connectivity index (χ1n) is 11.2. The van der Waals surface area contributed by atoms with Crippen molar-refractivity contribution in [2.75, 3.05) is 0 Å². The smallest absolute Gasteiger partial charge is 0.269 e. The summed E-state index contributed by atoms with van der Waals surface area (Å²) in [4.78, 5) is 19.1. The van der Waals surface area contributed by atoms with E-state index in [1.165, 1.54) is 0 Å². The number of aliphatic hydroxyl groups excluding tert-OH is 1. The average molecular weight is 447 g/mol. The highest BCUT2D eigenvalue weighted by molar-refractivity contribution is 5.93. The van der Waals surface area contributed by atoms with Gasteiger partial charge in [0.15, 0.2) is 5.60 Å². The lowest BCUT2D eigenvalue weighted by Gasteiger charge is -2.27. The Morgan fingerprint density at radius 1 is 1.00 bits per heavy atom. The van der Waals surface area contributed by atoms with Crippen molar-refractivity contribution < 1.29 is 19.2 Å². The molecule has 1 saturated carbocycles. The third-order valence-electron chi connectivity index (χ3n) is 6.35. The Kier molecular flexibility index (Phi) is 5.93. The first-order valence-corrected chi connectivity index (χ1v) is 11.2. The molecule has 1 amide bonds. The second kappa shape index (κ2) is 9.17. The minimum absolute atomic E-state index is 0.0557. The number of amides is 1. The molecular formula is C25H26N4O4. The highest BCUT2D eigenvalue weighted by Crippen LogP contribution is 2.39. The highest BCUT2D eigenvalue weighted by Gasteiger charge is 2.41. The van der Waals surface area contributed by atoms with Crippen molar-refractivity contribution in [3.05, 3.63) is 95.3 Å². The van der Waals surface area contributed by atoms with Gasteiger partial charge in [-0.15, -0.1) is 10.2 Å². The number of hydrogen-bond acceptors (Lipinski definition) is 7. The number of aromatic nitrogens is 2. The van der Waals surface area contributed by atoms with Crippen molar-refractivity contribution in [1.82, 2.24) is 21.0 Å². The Bertz CT molecular complexity index is 1080. The Balaban J connectivity index is 1.28. The van der Waals surface area contributed by atoms with Crippen LogP contribution in [0.5, 0.6) is 0 Å². The molecule has 1 fully saturated rings. The number of hydrogen-bond donors (Lipinski definition) is 3. The predicted octanol–water partition coefficient (Wildman–Crippen LogP) is 3.07. The molecule has 0 bridgehead atoms. The topological polar surface area (TPSA) is 110 Å². The quantitative estimate of drug-likeness (QED) is 0.534. The molecule has 8 nitrogen and oxygen atoms in total. The molecule has 0 radical (unpaired) electrons. The van der Waals surface area contributed by atoms with Gasteiger partial charge >= 0.3 is 0 Å². The number of hydroxylamine groups is 1. The summed E-state index contributed by atoms with van der Waals surface area (Å²) in [6, 6.07) is 19.8. The van der Waals surface area contributed by atoms with E-state index in [0.29, 0.717) is 11.6 Å². The van der Waals surface area contributed by atoms with Crippen LogP contribution in [0.1, 0.15) is 54.5 Å². The van der Waals surface area contributed by atoms with Crippen LogP contribution >= 0.6 is 0 Å². The number of benzene rings is 2. The third kappa shape index (κ3) is 4.27. The van der Waals surface area contributed by atoms with Crippen LogP contribution in [0, 0.1) is 0 Å². The average Bonchev–Trinajstić information content (AvgIpc) is 3.54. The zero-order chi connectivity index (χ0) is 22.7. The maximum atomic E-state index is 13.1. The second-order valence-electron chi connectivity index (χ2n) is 8.44. The number of nitrogens with zero attached hydrogens (tertiary/aromatic N) is 2. The monoisotopic (exact) mass is 446 g/mol. The van der Waals surface area contributed by atoms with E-state index in [2.05, 4.69) is 21.0 Å². The van der Waals surface area contributed by atoms with Crippen molar-refractivity contribution in [3.63, 3.8) is 0 Å².